The Bertz CT molecular complexity index is 2050. The van der Waals surface area contributed by atoms with Gasteiger partial charge < -0.3 is 0 Å². The Morgan fingerprint density at radius 3 is 2.05 bits per heavy atom. The fourth-order valence-corrected chi connectivity index (χ4v) is 6.66. The first-order chi connectivity index (χ1) is 18.1. The van der Waals surface area contributed by atoms with E-state index in [0.717, 1.165) is 0 Å². The highest BCUT2D eigenvalue weighted by Crippen LogP contribution is 2.49. The Balaban J connectivity index is 1.35. The number of hydrogen-bond donors (Lipinski definition) is 0. The topological polar surface area (TPSA) is 0 Å². The maximum atomic E-state index is 2.42. The zero-order valence-corrected chi connectivity index (χ0v) is 21.0. The minimum atomic E-state index is -0.0366. The standard InChI is InChI=1S/C37H26/c1-37(2)34-18-17-27(21-33(34)31-11-5-8-24-9-6-12-35(37)36(24)31)25-14-15-26-19-28-16-13-23-7-3-4-10-30(23)32(28)22-29(26)20-25/h3-22H,1-2H3. The largest absolute Gasteiger partial charge is 0.0616 e. The van der Waals surface area contributed by atoms with E-state index < -0.39 is 0 Å². The van der Waals surface area contributed by atoms with Gasteiger partial charge in [0.25, 0.3) is 0 Å². The minimum Gasteiger partial charge on any atom is -0.0616 e. The molecule has 0 aromatic heterocycles. The summed E-state index contributed by atoms with van der Waals surface area (Å²) in [7, 11) is 0. The quantitative estimate of drug-likeness (QED) is 0.165. The van der Waals surface area contributed by atoms with Crippen molar-refractivity contribution in [3.63, 3.8) is 0 Å². The van der Waals surface area contributed by atoms with Crippen molar-refractivity contribution in [1.29, 1.82) is 0 Å². The zero-order valence-electron chi connectivity index (χ0n) is 21.0. The normalized spacial score (nSPS) is 13.9. The summed E-state index contributed by atoms with van der Waals surface area (Å²) in [6.07, 6.45) is 0. The Labute approximate surface area is 216 Å². The lowest BCUT2D eigenvalue weighted by molar-refractivity contribution is 0.645. The van der Waals surface area contributed by atoms with Gasteiger partial charge in [0.15, 0.2) is 0 Å². The molecule has 174 valence electrons. The molecule has 7 aromatic rings. The van der Waals surface area contributed by atoms with E-state index in [9.17, 15) is 0 Å². The Hall–Kier alpha value is -4.42. The van der Waals surface area contributed by atoms with Crippen molar-refractivity contribution in [3.05, 3.63) is 132 Å². The van der Waals surface area contributed by atoms with Crippen molar-refractivity contribution in [3.8, 4) is 22.3 Å². The first kappa shape index (κ1) is 20.7. The minimum absolute atomic E-state index is 0.0366. The third-order valence-corrected chi connectivity index (χ3v) is 8.60. The molecule has 0 saturated carbocycles. The van der Waals surface area contributed by atoms with Crippen molar-refractivity contribution in [1.82, 2.24) is 0 Å². The van der Waals surface area contributed by atoms with Crippen molar-refractivity contribution in [2.75, 3.05) is 0 Å². The van der Waals surface area contributed by atoms with Crippen LogP contribution >= 0.6 is 0 Å². The van der Waals surface area contributed by atoms with Crippen molar-refractivity contribution in [2.24, 2.45) is 0 Å². The van der Waals surface area contributed by atoms with Crippen LogP contribution in [0, 0.1) is 0 Å². The lowest BCUT2D eigenvalue weighted by atomic mass is 9.68. The smallest absolute Gasteiger partial charge is 0.0159 e. The molecule has 0 fully saturated rings. The van der Waals surface area contributed by atoms with Gasteiger partial charge >= 0.3 is 0 Å². The summed E-state index contributed by atoms with van der Waals surface area (Å²) in [5.74, 6) is 0. The number of fused-ring (bicyclic) bond motifs is 6. The Morgan fingerprint density at radius 2 is 1.14 bits per heavy atom. The van der Waals surface area contributed by atoms with E-state index in [-0.39, 0.29) is 5.41 Å². The predicted molar refractivity (Wildman–Crippen MR) is 159 cm³/mol. The fraction of sp³-hybridized carbons (Fsp3) is 0.0811. The SMILES string of the molecule is CC1(C)c2ccc(-c3ccc4cc5ccc6ccccc6c5cc4c3)cc2-c2cccc3cccc1c23. The van der Waals surface area contributed by atoms with Crippen molar-refractivity contribution >= 4 is 43.1 Å². The molecule has 7 aromatic carbocycles. The molecule has 0 radical (unpaired) electrons. The molecule has 1 aliphatic carbocycles. The van der Waals surface area contributed by atoms with E-state index in [4.69, 9.17) is 0 Å². The highest BCUT2D eigenvalue weighted by atomic mass is 14.4. The van der Waals surface area contributed by atoms with Crippen LogP contribution < -0.4 is 0 Å². The van der Waals surface area contributed by atoms with E-state index >= 15 is 0 Å². The van der Waals surface area contributed by atoms with E-state index in [1.165, 1.54) is 76.5 Å². The molecule has 1 aliphatic rings. The molecule has 0 nitrogen and oxygen atoms in total. The molecule has 0 unspecified atom stereocenters. The van der Waals surface area contributed by atoms with Crippen LogP contribution in [0.5, 0.6) is 0 Å². The number of benzene rings is 7. The molecule has 0 N–H and O–H groups in total. The first-order valence-corrected chi connectivity index (χ1v) is 13.1. The monoisotopic (exact) mass is 470 g/mol. The highest BCUT2D eigenvalue weighted by molar-refractivity contribution is 6.12. The van der Waals surface area contributed by atoms with Crippen molar-refractivity contribution in [2.45, 2.75) is 19.3 Å². The van der Waals surface area contributed by atoms with Gasteiger partial charge in [-0.2, -0.15) is 0 Å². The summed E-state index contributed by atoms with van der Waals surface area (Å²) in [5.41, 5.74) is 8.03. The molecule has 8 rings (SSSR count). The van der Waals surface area contributed by atoms with Crippen LogP contribution in [0.4, 0.5) is 0 Å². The molecule has 0 amide bonds. The van der Waals surface area contributed by atoms with Gasteiger partial charge in [-0.05, 0) is 101 Å². The van der Waals surface area contributed by atoms with Gasteiger partial charge in [0.2, 0.25) is 0 Å². The van der Waals surface area contributed by atoms with Gasteiger partial charge in [-0.1, -0.05) is 111 Å². The molecular formula is C37H26. The van der Waals surface area contributed by atoms with Gasteiger partial charge in [0.1, 0.15) is 0 Å². The van der Waals surface area contributed by atoms with E-state index in [1.54, 1.807) is 0 Å². The summed E-state index contributed by atoms with van der Waals surface area (Å²) in [4.78, 5) is 0. The van der Waals surface area contributed by atoms with Gasteiger partial charge in [0.05, 0.1) is 0 Å². The third-order valence-electron chi connectivity index (χ3n) is 8.60. The summed E-state index contributed by atoms with van der Waals surface area (Å²) in [6.45, 7) is 4.73. The van der Waals surface area contributed by atoms with Gasteiger partial charge in [-0.15, -0.1) is 0 Å². The van der Waals surface area contributed by atoms with Crippen LogP contribution in [0.2, 0.25) is 0 Å². The van der Waals surface area contributed by atoms with Crippen LogP contribution in [-0.2, 0) is 5.41 Å². The fourth-order valence-electron chi connectivity index (χ4n) is 6.66. The van der Waals surface area contributed by atoms with E-state index in [0.29, 0.717) is 0 Å². The number of rotatable bonds is 1. The van der Waals surface area contributed by atoms with Gasteiger partial charge in [-0.25, -0.2) is 0 Å². The van der Waals surface area contributed by atoms with E-state index in [2.05, 4.69) is 135 Å². The molecule has 0 atom stereocenters. The zero-order chi connectivity index (χ0) is 24.7. The molecule has 0 bridgehead atoms. The summed E-state index contributed by atoms with van der Waals surface area (Å²) in [5, 5.41) is 10.5. The average molecular weight is 471 g/mol. The van der Waals surface area contributed by atoms with Crippen LogP contribution in [0.25, 0.3) is 65.3 Å². The maximum absolute atomic E-state index is 2.42. The molecule has 0 spiro atoms. The van der Waals surface area contributed by atoms with Gasteiger partial charge in [-0.3, -0.25) is 0 Å². The predicted octanol–water partition coefficient (Wildman–Crippen LogP) is 10.3. The average Bonchev–Trinajstić information content (AvgIpc) is 2.94. The lowest BCUT2D eigenvalue weighted by Crippen LogP contribution is -2.23. The second-order valence-electron chi connectivity index (χ2n) is 11.0. The first-order valence-electron chi connectivity index (χ1n) is 13.1. The van der Waals surface area contributed by atoms with Gasteiger partial charge in [0, 0.05) is 5.41 Å². The highest BCUT2D eigenvalue weighted by Gasteiger charge is 2.33. The Morgan fingerprint density at radius 1 is 0.405 bits per heavy atom. The summed E-state index contributed by atoms with van der Waals surface area (Å²) >= 11 is 0. The number of hydrogen-bond acceptors (Lipinski definition) is 0. The summed E-state index contributed by atoms with van der Waals surface area (Å²) in [6, 6.07) is 45.3. The summed E-state index contributed by atoms with van der Waals surface area (Å²) < 4.78 is 0. The molecule has 0 saturated heterocycles. The van der Waals surface area contributed by atoms with Crippen LogP contribution in [0.15, 0.2) is 121 Å². The van der Waals surface area contributed by atoms with E-state index in [1.807, 2.05) is 0 Å². The molecule has 37 heavy (non-hydrogen) atoms. The molecule has 0 heteroatoms. The Kier molecular flexibility index (Phi) is 4.10. The second kappa shape index (κ2) is 7.31. The van der Waals surface area contributed by atoms with Crippen molar-refractivity contribution < 1.29 is 0 Å². The lowest BCUT2D eigenvalue weighted by Gasteiger charge is -2.35. The van der Waals surface area contributed by atoms with Crippen LogP contribution in [-0.4, -0.2) is 0 Å². The molecular weight excluding hydrogens is 444 g/mol. The molecule has 0 heterocycles. The molecule has 0 aliphatic heterocycles. The van der Waals surface area contributed by atoms with Crippen LogP contribution in [0.1, 0.15) is 25.0 Å². The van der Waals surface area contributed by atoms with Crippen LogP contribution in [0.3, 0.4) is 0 Å². The maximum Gasteiger partial charge on any atom is 0.0159 e. The third kappa shape index (κ3) is 2.90. The second-order valence-corrected chi connectivity index (χ2v) is 11.0.